The van der Waals surface area contributed by atoms with Crippen LogP contribution in [0.5, 0.6) is 0 Å². The average molecular weight is 375 g/mol. The lowest BCUT2D eigenvalue weighted by Gasteiger charge is -2.14. The summed E-state index contributed by atoms with van der Waals surface area (Å²) < 4.78 is 5.27. The van der Waals surface area contributed by atoms with Crippen LogP contribution in [-0.4, -0.2) is 40.3 Å². The van der Waals surface area contributed by atoms with E-state index in [9.17, 15) is 4.79 Å². The molecule has 0 radical (unpaired) electrons. The number of aromatic nitrogens is 2. The van der Waals surface area contributed by atoms with Gasteiger partial charge in [-0.2, -0.15) is 0 Å². The van der Waals surface area contributed by atoms with E-state index in [1.54, 1.807) is 6.92 Å². The third-order valence-electron chi connectivity index (χ3n) is 3.05. The Morgan fingerprint density at radius 2 is 2.18 bits per heavy atom. The van der Waals surface area contributed by atoms with Crippen LogP contribution in [0, 0.1) is 0 Å². The number of aliphatic hydroxyl groups is 1. The van der Waals surface area contributed by atoms with Gasteiger partial charge < -0.3 is 20.9 Å². The minimum absolute atomic E-state index is 0.0222. The maximum absolute atomic E-state index is 11.0. The van der Waals surface area contributed by atoms with E-state index in [0.29, 0.717) is 17.0 Å². The van der Waals surface area contributed by atoms with Crippen molar-refractivity contribution in [3.05, 3.63) is 10.8 Å². The third kappa shape index (κ3) is 7.56. The molecule has 0 atom stereocenters. The Morgan fingerprint density at radius 1 is 1.50 bits per heavy atom. The maximum atomic E-state index is 11.0. The van der Waals surface area contributed by atoms with Gasteiger partial charge in [0.05, 0.1) is 18.9 Å². The SMILES string of the molecule is CCOC(=O)CNc1ncc(Br)nc1N.OC1CCCCC1. The molecule has 0 bridgehead atoms. The Labute approximate surface area is 138 Å². The van der Waals surface area contributed by atoms with Gasteiger partial charge in [0.2, 0.25) is 0 Å². The Bertz CT molecular complexity index is 467. The number of carbonyl (C=O) groups excluding carboxylic acids is 1. The highest BCUT2D eigenvalue weighted by Crippen LogP contribution is 2.16. The lowest BCUT2D eigenvalue weighted by molar-refractivity contribution is -0.140. The molecule has 0 spiro atoms. The summed E-state index contributed by atoms with van der Waals surface area (Å²) in [4.78, 5) is 18.9. The normalized spacial score (nSPS) is 14.7. The zero-order chi connectivity index (χ0) is 16.4. The molecule has 1 aromatic heterocycles. The van der Waals surface area contributed by atoms with Crippen LogP contribution >= 0.6 is 15.9 Å². The minimum atomic E-state index is -0.360. The van der Waals surface area contributed by atoms with E-state index in [1.165, 1.54) is 25.5 Å². The molecule has 1 aromatic rings. The molecule has 0 aromatic carbocycles. The molecule has 7 nitrogen and oxygen atoms in total. The molecule has 4 N–H and O–H groups in total. The van der Waals surface area contributed by atoms with Crippen molar-refractivity contribution < 1.29 is 14.6 Å². The molecule has 0 aliphatic heterocycles. The lowest BCUT2D eigenvalue weighted by atomic mass is 9.98. The van der Waals surface area contributed by atoms with Crippen molar-refractivity contribution in [1.82, 2.24) is 9.97 Å². The Balaban J connectivity index is 0.000000287. The minimum Gasteiger partial charge on any atom is -0.465 e. The van der Waals surface area contributed by atoms with Gasteiger partial charge in [0.15, 0.2) is 11.6 Å². The lowest BCUT2D eigenvalue weighted by Crippen LogP contribution is -2.18. The molecular formula is C14H23BrN4O3. The van der Waals surface area contributed by atoms with E-state index < -0.39 is 0 Å². The van der Waals surface area contributed by atoms with E-state index in [0.717, 1.165) is 12.8 Å². The molecule has 1 saturated carbocycles. The Kier molecular flexibility index (Phi) is 8.76. The molecule has 22 heavy (non-hydrogen) atoms. The summed E-state index contributed by atoms with van der Waals surface area (Å²) in [7, 11) is 0. The number of halogens is 1. The van der Waals surface area contributed by atoms with Crippen molar-refractivity contribution >= 4 is 33.5 Å². The Morgan fingerprint density at radius 3 is 2.68 bits per heavy atom. The molecule has 8 heteroatoms. The number of carbonyl (C=O) groups is 1. The number of hydrogen-bond acceptors (Lipinski definition) is 7. The second-order valence-corrected chi connectivity index (χ2v) is 5.69. The van der Waals surface area contributed by atoms with Gasteiger partial charge in [0.1, 0.15) is 11.1 Å². The molecule has 0 amide bonds. The number of nitrogens with two attached hydrogens (primary N) is 1. The predicted molar refractivity (Wildman–Crippen MR) is 88.4 cm³/mol. The maximum Gasteiger partial charge on any atom is 0.325 e. The number of nitrogen functional groups attached to an aromatic ring is 1. The number of aliphatic hydroxyl groups excluding tert-OH is 1. The van der Waals surface area contributed by atoms with Gasteiger partial charge in [-0.1, -0.05) is 19.3 Å². The van der Waals surface area contributed by atoms with Crippen molar-refractivity contribution in [2.45, 2.75) is 45.1 Å². The summed E-state index contributed by atoms with van der Waals surface area (Å²) in [6, 6.07) is 0. The number of hydrogen-bond donors (Lipinski definition) is 3. The third-order valence-corrected chi connectivity index (χ3v) is 3.43. The first-order valence-corrected chi connectivity index (χ1v) is 8.17. The van der Waals surface area contributed by atoms with Gasteiger partial charge in [-0.25, -0.2) is 9.97 Å². The van der Waals surface area contributed by atoms with Crippen molar-refractivity contribution in [2.24, 2.45) is 0 Å². The van der Waals surface area contributed by atoms with E-state index in [1.807, 2.05) is 0 Å². The number of nitrogens with one attached hydrogen (secondary N) is 1. The van der Waals surface area contributed by atoms with Gasteiger partial charge in [0.25, 0.3) is 0 Å². The number of rotatable bonds is 4. The molecule has 1 aliphatic carbocycles. The van der Waals surface area contributed by atoms with Gasteiger partial charge in [-0.15, -0.1) is 0 Å². The highest BCUT2D eigenvalue weighted by Gasteiger charge is 2.08. The Hall–Kier alpha value is -1.41. The first-order chi connectivity index (χ1) is 10.5. The highest BCUT2D eigenvalue weighted by atomic mass is 79.9. The molecule has 1 aliphatic rings. The standard InChI is InChI=1S/C8H11BrN4O2.C6H12O/c1-2-15-6(14)4-12-8-7(10)13-5(9)3-11-8;7-6-4-2-1-3-5-6/h3H,2,4H2,1H3,(H2,10,13)(H,11,12);6-7H,1-5H2. The summed E-state index contributed by atoms with van der Waals surface area (Å²) in [5.41, 5.74) is 5.56. The zero-order valence-electron chi connectivity index (χ0n) is 12.7. The monoisotopic (exact) mass is 374 g/mol. The van der Waals surface area contributed by atoms with Crippen LogP contribution in [0.1, 0.15) is 39.0 Å². The number of esters is 1. The molecule has 124 valence electrons. The number of ether oxygens (including phenoxy) is 1. The average Bonchev–Trinajstić information content (AvgIpc) is 2.48. The predicted octanol–water partition coefficient (Wildman–Crippen LogP) is 2.11. The fourth-order valence-electron chi connectivity index (χ4n) is 1.97. The topological polar surface area (TPSA) is 110 Å². The van der Waals surface area contributed by atoms with Crippen molar-refractivity contribution in [2.75, 3.05) is 24.2 Å². The quantitative estimate of drug-likeness (QED) is 0.692. The van der Waals surface area contributed by atoms with Gasteiger partial charge in [-0.05, 0) is 35.7 Å². The molecule has 2 rings (SSSR count). The summed E-state index contributed by atoms with van der Waals surface area (Å²) in [6.07, 6.45) is 7.41. The van der Waals surface area contributed by atoms with Gasteiger partial charge in [0, 0.05) is 0 Å². The van der Waals surface area contributed by atoms with Crippen LogP contribution in [0.25, 0.3) is 0 Å². The highest BCUT2D eigenvalue weighted by molar-refractivity contribution is 9.10. The van der Waals surface area contributed by atoms with E-state index in [-0.39, 0.29) is 24.4 Å². The van der Waals surface area contributed by atoms with Crippen LogP contribution in [0.3, 0.4) is 0 Å². The fraction of sp³-hybridized carbons (Fsp3) is 0.643. The molecular weight excluding hydrogens is 352 g/mol. The van der Waals surface area contributed by atoms with Crippen molar-refractivity contribution in [3.8, 4) is 0 Å². The van der Waals surface area contributed by atoms with E-state index in [4.69, 9.17) is 15.6 Å². The van der Waals surface area contributed by atoms with Crippen LogP contribution < -0.4 is 11.1 Å². The molecule has 0 saturated heterocycles. The van der Waals surface area contributed by atoms with Gasteiger partial charge in [-0.3, -0.25) is 4.79 Å². The summed E-state index contributed by atoms with van der Waals surface area (Å²) in [5.74, 6) is 0.238. The van der Waals surface area contributed by atoms with Gasteiger partial charge >= 0.3 is 5.97 Å². The number of nitrogens with zero attached hydrogens (tertiary/aromatic N) is 2. The molecule has 1 heterocycles. The smallest absolute Gasteiger partial charge is 0.325 e. The zero-order valence-corrected chi connectivity index (χ0v) is 14.3. The van der Waals surface area contributed by atoms with E-state index >= 15 is 0 Å². The largest absolute Gasteiger partial charge is 0.465 e. The summed E-state index contributed by atoms with van der Waals surface area (Å²) in [5, 5.41) is 11.6. The number of anilines is 2. The van der Waals surface area contributed by atoms with E-state index in [2.05, 4.69) is 31.2 Å². The fourth-order valence-corrected chi connectivity index (χ4v) is 2.26. The van der Waals surface area contributed by atoms with Crippen LogP contribution in [0.2, 0.25) is 0 Å². The molecule has 1 fully saturated rings. The summed E-state index contributed by atoms with van der Waals surface area (Å²) in [6.45, 7) is 2.11. The van der Waals surface area contributed by atoms with Crippen molar-refractivity contribution in [3.63, 3.8) is 0 Å². The molecule has 0 unspecified atom stereocenters. The first-order valence-electron chi connectivity index (χ1n) is 7.38. The van der Waals surface area contributed by atoms with Crippen LogP contribution in [0.4, 0.5) is 11.6 Å². The first kappa shape index (κ1) is 18.6. The second kappa shape index (κ2) is 10.3. The second-order valence-electron chi connectivity index (χ2n) is 4.88. The van der Waals surface area contributed by atoms with Crippen LogP contribution in [-0.2, 0) is 9.53 Å². The van der Waals surface area contributed by atoms with Crippen molar-refractivity contribution in [1.29, 1.82) is 0 Å². The summed E-state index contributed by atoms with van der Waals surface area (Å²) >= 11 is 3.13. The van der Waals surface area contributed by atoms with Crippen LogP contribution in [0.15, 0.2) is 10.8 Å².